The smallest absolute Gasteiger partial charge is 0.266 e. The average molecular weight is 325 g/mol. The summed E-state index contributed by atoms with van der Waals surface area (Å²) in [6.07, 6.45) is 0.880. The van der Waals surface area contributed by atoms with Crippen LogP contribution in [0.15, 0.2) is 35.7 Å². The topological polar surface area (TPSA) is 41.1 Å². The quantitative estimate of drug-likeness (QED) is 0.840. The number of carbonyl (C=O) groups excluding carboxylic acids is 1. The first-order valence-electron chi connectivity index (χ1n) is 6.92. The van der Waals surface area contributed by atoms with Crippen LogP contribution in [0.2, 0.25) is 0 Å². The van der Waals surface area contributed by atoms with Crippen LogP contribution < -0.4 is 10.6 Å². The van der Waals surface area contributed by atoms with Gasteiger partial charge in [-0.25, -0.2) is 0 Å². The zero-order chi connectivity index (χ0) is 14.4. The highest BCUT2D eigenvalue weighted by Gasteiger charge is 2.13. The number of hydrogen-bond acceptors (Lipinski definition) is 3. The summed E-state index contributed by atoms with van der Waals surface area (Å²) in [5, 5.41) is 8.29. The third-order valence-corrected chi connectivity index (χ3v) is 4.12. The van der Waals surface area contributed by atoms with Gasteiger partial charge in [-0.2, -0.15) is 0 Å². The molecule has 2 rings (SSSR count). The first-order chi connectivity index (χ1) is 9.76. The Balaban J connectivity index is 0.00000220. The lowest BCUT2D eigenvalue weighted by atomic mass is 10.1. The third kappa shape index (κ3) is 4.56. The number of carbonyl (C=O) groups is 1. The lowest BCUT2D eigenvalue weighted by Gasteiger charge is -2.11. The van der Waals surface area contributed by atoms with E-state index in [1.807, 2.05) is 35.7 Å². The van der Waals surface area contributed by atoms with E-state index < -0.39 is 0 Å². The molecule has 2 N–H and O–H groups in total. The summed E-state index contributed by atoms with van der Waals surface area (Å²) in [6, 6.07) is 9.94. The van der Waals surface area contributed by atoms with Crippen LogP contribution in [0.5, 0.6) is 0 Å². The summed E-state index contributed by atoms with van der Waals surface area (Å²) in [6.45, 7) is 5.81. The van der Waals surface area contributed by atoms with Gasteiger partial charge in [-0.05, 0) is 41.6 Å². The summed E-state index contributed by atoms with van der Waals surface area (Å²) in [5.74, 6) is -0.0131. The van der Waals surface area contributed by atoms with E-state index in [-0.39, 0.29) is 18.3 Å². The molecule has 0 aliphatic heterocycles. The highest BCUT2D eigenvalue weighted by Crippen LogP contribution is 2.21. The van der Waals surface area contributed by atoms with Crippen molar-refractivity contribution >= 4 is 35.3 Å². The molecule has 1 aromatic heterocycles. The van der Waals surface area contributed by atoms with Crippen LogP contribution >= 0.6 is 23.7 Å². The maximum atomic E-state index is 12.4. The summed E-state index contributed by atoms with van der Waals surface area (Å²) in [7, 11) is 0. The SMILES string of the molecule is CCNCc1ccccc1NC(=O)c1sccc1CC.Cl. The summed E-state index contributed by atoms with van der Waals surface area (Å²) >= 11 is 1.50. The van der Waals surface area contributed by atoms with E-state index in [4.69, 9.17) is 0 Å². The Labute approximate surface area is 136 Å². The zero-order valence-electron chi connectivity index (χ0n) is 12.3. The van der Waals surface area contributed by atoms with E-state index in [0.717, 1.165) is 41.2 Å². The van der Waals surface area contributed by atoms with Crippen molar-refractivity contribution in [2.75, 3.05) is 11.9 Å². The van der Waals surface area contributed by atoms with Crippen LogP contribution in [0.25, 0.3) is 0 Å². The van der Waals surface area contributed by atoms with Gasteiger partial charge in [0.05, 0.1) is 4.88 Å². The number of benzene rings is 1. The first-order valence-corrected chi connectivity index (χ1v) is 7.80. The minimum Gasteiger partial charge on any atom is -0.321 e. The number of amides is 1. The number of thiophene rings is 1. The van der Waals surface area contributed by atoms with Crippen molar-refractivity contribution in [3.05, 3.63) is 51.7 Å². The Morgan fingerprint density at radius 1 is 1.14 bits per heavy atom. The molecule has 1 heterocycles. The van der Waals surface area contributed by atoms with Gasteiger partial charge in [-0.15, -0.1) is 23.7 Å². The monoisotopic (exact) mass is 324 g/mol. The molecule has 0 radical (unpaired) electrons. The maximum Gasteiger partial charge on any atom is 0.266 e. The fraction of sp³-hybridized carbons (Fsp3) is 0.312. The normalized spacial score (nSPS) is 10.0. The average Bonchev–Trinajstić information content (AvgIpc) is 2.95. The number of halogens is 1. The van der Waals surface area contributed by atoms with Gasteiger partial charge in [0.1, 0.15) is 0 Å². The van der Waals surface area contributed by atoms with Crippen molar-refractivity contribution in [2.24, 2.45) is 0 Å². The predicted molar refractivity (Wildman–Crippen MR) is 92.7 cm³/mol. The molecule has 0 atom stereocenters. The first kappa shape index (κ1) is 17.7. The molecule has 1 amide bonds. The fourth-order valence-corrected chi connectivity index (χ4v) is 2.94. The van der Waals surface area contributed by atoms with Gasteiger partial charge >= 0.3 is 0 Å². The van der Waals surface area contributed by atoms with E-state index in [1.165, 1.54) is 11.3 Å². The number of para-hydroxylation sites is 1. The van der Waals surface area contributed by atoms with Crippen LogP contribution in [-0.4, -0.2) is 12.5 Å². The largest absolute Gasteiger partial charge is 0.321 e. The Morgan fingerprint density at radius 3 is 2.62 bits per heavy atom. The molecule has 0 fully saturated rings. The van der Waals surface area contributed by atoms with Crippen LogP contribution in [0.3, 0.4) is 0 Å². The summed E-state index contributed by atoms with van der Waals surface area (Å²) in [4.78, 5) is 13.2. The molecule has 3 nitrogen and oxygen atoms in total. The number of rotatable bonds is 6. The Bertz CT molecular complexity index is 583. The van der Waals surface area contributed by atoms with E-state index in [9.17, 15) is 4.79 Å². The van der Waals surface area contributed by atoms with Gasteiger partial charge in [0.2, 0.25) is 0 Å². The van der Waals surface area contributed by atoms with Crippen LogP contribution in [-0.2, 0) is 13.0 Å². The van der Waals surface area contributed by atoms with E-state index in [1.54, 1.807) is 0 Å². The van der Waals surface area contributed by atoms with E-state index >= 15 is 0 Å². The summed E-state index contributed by atoms with van der Waals surface area (Å²) in [5.41, 5.74) is 3.10. The van der Waals surface area contributed by atoms with Gasteiger partial charge in [-0.3, -0.25) is 4.79 Å². The molecule has 2 aromatic rings. The van der Waals surface area contributed by atoms with Gasteiger partial charge in [0, 0.05) is 12.2 Å². The van der Waals surface area contributed by atoms with E-state index in [0.29, 0.717) is 0 Å². The van der Waals surface area contributed by atoms with Gasteiger partial charge in [0.15, 0.2) is 0 Å². The second-order valence-electron chi connectivity index (χ2n) is 4.52. The fourth-order valence-electron chi connectivity index (χ4n) is 2.05. The van der Waals surface area contributed by atoms with Crippen molar-refractivity contribution < 1.29 is 4.79 Å². The molecule has 0 aliphatic carbocycles. The second-order valence-corrected chi connectivity index (χ2v) is 5.44. The zero-order valence-corrected chi connectivity index (χ0v) is 13.9. The van der Waals surface area contributed by atoms with Crippen molar-refractivity contribution in [1.82, 2.24) is 5.32 Å². The molecule has 0 saturated heterocycles. The number of hydrogen-bond donors (Lipinski definition) is 2. The van der Waals surface area contributed by atoms with Crippen molar-refractivity contribution in [1.29, 1.82) is 0 Å². The molecular weight excluding hydrogens is 304 g/mol. The van der Waals surface area contributed by atoms with Gasteiger partial charge < -0.3 is 10.6 Å². The van der Waals surface area contributed by atoms with Gasteiger partial charge in [-0.1, -0.05) is 32.0 Å². The molecule has 0 aliphatic rings. The number of nitrogens with one attached hydrogen (secondary N) is 2. The predicted octanol–water partition coefficient (Wildman–Crippen LogP) is 4.09. The van der Waals surface area contributed by atoms with Crippen LogP contribution in [0, 0.1) is 0 Å². The van der Waals surface area contributed by atoms with Crippen LogP contribution in [0.4, 0.5) is 5.69 Å². The van der Waals surface area contributed by atoms with E-state index in [2.05, 4.69) is 24.5 Å². The Hall–Kier alpha value is -1.36. The molecule has 5 heteroatoms. The number of aryl methyl sites for hydroxylation is 1. The highest BCUT2D eigenvalue weighted by molar-refractivity contribution is 7.12. The Morgan fingerprint density at radius 2 is 1.90 bits per heavy atom. The number of anilines is 1. The molecule has 0 bridgehead atoms. The molecule has 0 saturated carbocycles. The minimum absolute atomic E-state index is 0. The molecule has 0 spiro atoms. The van der Waals surface area contributed by atoms with Crippen molar-refractivity contribution in [3.63, 3.8) is 0 Å². The third-order valence-electron chi connectivity index (χ3n) is 3.16. The summed E-state index contributed by atoms with van der Waals surface area (Å²) < 4.78 is 0. The molecule has 21 heavy (non-hydrogen) atoms. The lowest BCUT2D eigenvalue weighted by Crippen LogP contribution is -2.17. The minimum atomic E-state index is -0.0131. The lowest BCUT2D eigenvalue weighted by molar-refractivity contribution is 0.102. The standard InChI is InChI=1S/C16H20N2OS.ClH/c1-3-12-9-10-20-15(12)16(19)18-14-8-6-5-7-13(14)11-17-4-2;/h5-10,17H,3-4,11H2,1-2H3,(H,18,19);1H. The highest BCUT2D eigenvalue weighted by atomic mass is 35.5. The van der Waals surface area contributed by atoms with Crippen molar-refractivity contribution in [2.45, 2.75) is 26.8 Å². The van der Waals surface area contributed by atoms with Crippen LogP contribution in [0.1, 0.15) is 34.6 Å². The molecule has 114 valence electrons. The molecular formula is C16H21ClN2OS. The second kappa shape index (κ2) is 8.82. The van der Waals surface area contributed by atoms with Gasteiger partial charge in [0.25, 0.3) is 5.91 Å². The maximum absolute atomic E-state index is 12.4. The van der Waals surface area contributed by atoms with Crippen molar-refractivity contribution in [3.8, 4) is 0 Å². The molecule has 0 unspecified atom stereocenters. The Kier molecular flexibility index (Phi) is 7.43. The molecule has 1 aromatic carbocycles.